The third-order valence-corrected chi connectivity index (χ3v) is 3.71. The van der Waals surface area contributed by atoms with Crippen molar-refractivity contribution < 1.29 is 0 Å². The maximum absolute atomic E-state index is 4.42. The van der Waals surface area contributed by atoms with Crippen molar-refractivity contribution in [2.75, 3.05) is 0 Å². The lowest BCUT2D eigenvalue weighted by Gasteiger charge is -2.01. The Morgan fingerprint density at radius 3 is 2.94 bits per heavy atom. The fourth-order valence-corrected chi connectivity index (χ4v) is 3.00. The van der Waals surface area contributed by atoms with E-state index in [0.29, 0.717) is 0 Å². The summed E-state index contributed by atoms with van der Waals surface area (Å²) >= 11 is 0. The molecule has 4 rings (SSSR count). The Labute approximate surface area is 105 Å². The summed E-state index contributed by atoms with van der Waals surface area (Å²) < 4.78 is 2.44. The van der Waals surface area contributed by atoms with Gasteiger partial charge in [-0.1, -0.05) is 18.2 Å². The molecule has 0 fully saturated rings. The first-order valence-electron chi connectivity index (χ1n) is 6.31. The third-order valence-electron chi connectivity index (χ3n) is 3.71. The summed E-state index contributed by atoms with van der Waals surface area (Å²) in [6, 6.07) is 10.6. The van der Waals surface area contributed by atoms with Crippen LogP contribution in [-0.2, 0) is 13.0 Å². The van der Waals surface area contributed by atoms with Gasteiger partial charge in [-0.25, -0.2) is 9.97 Å². The van der Waals surface area contributed by atoms with Crippen LogP contribution in [0, 0.1) is 0 Å². The van der Waals surface area contributed by atoms with E-state index in [1.807, 2.05) is 12.3 Å². The van der Waals surface area contributed by atoms with Crippen molar-refractivity contribution in [3.8, 4) is 11.3 Å². The van der Waals surface area contributed by atoms with Crippen molar-refractivity contribution >= 4 is 10.9 Å². The minimum absolute atomic E-state index is 1.04. The van der Waals surface area contributed by atoms with Crippen LogP contribution in [0.15, 0.2) is 42.9 Å². The Hall–Kier alpha value is -2.16. The van der Waals surface area contributed by atoms with Gasteiger partial charge in [0.1, 0.15) is 6.33 Å². The van der Waals surface area contributed by atoms with Crippen LogP contribution >= 0.6 is 0 Å². The average Bonchev–Trinajstić information content (AvgIpc) is 2.99. The van der Waals surface area contributed by atoms with Crippen LogP contribution in [0.25, 0.3) is 22.2 Å². The van der Waals surface area contributed by atoms with Crippen LogP contribution in [0.5, 0.6) is 0 Å². The fourth-order valence-electron chi connectivity index (χ4n) is 3.00. The highest BCUT2D eigenvalue weighted by molar-refractivity contribution is 5.97. The number of aryl methyl sites for hydroxylation is 1. The molecule has 3 heteroatoms. The molecule has 1 aliphatic heterocycles. The van der Waals surface area contributed by atoms with Crippen molar-refractivity contribution in [2.24, 2.45) is 0 Å². The molecular weight excluding hydrogens is 222 g/mol. The van der Waals surface area contributed by atoms with Crippen LogP contribution in [0.4, 0.5) is 0 Å². The second kappa shape index (κ2) is 3.67. The van der Waals surface area contributed by atoms with Gasteiger partial charge in [-0.2, -0.15) is 0 Å². The van der Waals surface area contributed by atoms with Crippen molar-refractivity contribution in [1.29, 1.82) is 0 Å². The van der Waals surface area contributed by atoms with E-state index in [-0.39, 0.29) is 0 Å². The summed E-state index contributed by atoms with van der Waals surface area (Å²) in [4.78, 5) is 8.44. The molecule has 0 aliphatic carbocycles. The molecular formula is C15H13N3. The number of hydrogen-bond donors (Lipinski definition) is 0. The van der Waals surface area contributed by atoms with Gasteiger partial charge in [0.2, 0.25) is 0 Å². The molecule has 1 aromatic carbocycles. The van der Waals surface area contributed by atoms with Crippen molar-refractivity contribution in [3.05, 3.63) is 48.5 Å². The Kier molecular flexibility index (Phi) is 2.00. The van der Waals surface area contributed by atoms with Crippen LogP contribution in [0.1, 0.15) is 12.1 Å². The summed E-state index contributed by atoms with van der Waals surface area (Å²) in [6.07, 6.45) is 5.82. The first kappa shape index (κ1) is 9.83. The Morgan fingerprint density at radius 1 is 1.11 bits per heavy atom. The molecule has 0 saturated carbocycles. The van der Waals surface area contributed by atoms with Gasteiger partial charge in [-0.15, -0.1) is 0 Å². The maximum Gasteiger partial charge on any atom is 0.116 e. The van der Waals surface area contributed by atoms with Gasteiger partial charge in [0.25, 0.3) is 0 Å². The molecule has 3 nitrogen and oxygen atoms in total. The summed E-state index contributed by atoms with van der Waals surface area (Å²) in [5.74, 6) is 0. The largest absolute Gasteiger partial charge is 0.344 e. The number of aromatic nitrogens is 3. The average molecular weight is 235 g/mol. The molecule has 88 valence electrons. The van der Waals surface area contributed by atoms with E-state index < -0.39 is 0 Å². The van der Waals surface area contributed by atoms with Crippen LogP contribution in [0.3, 0.4) is 0 Å². The number of para-hydroxylation sites is 1. The van der Waals surface area contributed by atoms with E-state index in [0.717, 1.165) is 18.7 Å². The van der Waals surface area contributed by atoms with Gasteiger partial charge in [-0.3, -0.25) is 0 Å². The van der Waals surface area contributed by atoms with Crippen molar-refractivity contribution in [2.45, 2.75) is 19.4 Å². The number of hydrogen-bond acceptors (Lipinski definition) is 2. The van der Waals surface area contributed by atoms with Crippen molar-refractivity contribution in [3.63, 3.8) is 0 Å². The summed E-state index contributed by atoms with van der Waals surface area (Å²) in [6.45, 7) is 1.13. The number of benzene rings is 1. The van der Waals surface area contributed by atoms with Gasteiger partial charge in [0.05, 0.1) is 5.69 Å². The lowest BCUT2D eigenvalue weighted by atomic mass is 10.1. The quantitative estimate of drug-likeness (QED) is 0.649. The molecule has 0 unspecified atom stereocenters. The van der Waals surface area contributed by atoms with Crippen molar-refractivity contribution in [1.82, 2.24) is 14.5 Å². The topological polar surface area (TPSA) is 30.7 Å². The molecule has 2 aromatic heterocycles. The predicted molar refractivity (Wildman–Crippen MR) is 71.3 cm³/mol. The number of rotatable bonds is 1. The summed E-state index contributed by atoms with van der Waals surface area (Å²) in [7, 11) is 0. The van der Waals surface area contributed by atoms with Crippen LogP contribution in [-0.4, -0.2) is 14.5 Å². The van der Waals surface area contributed by atoms with E-state index >= 15 is 0 Å². The molecule has 0 saturated heterocycles. The molecule has 3 heterocycles. The van der Waals surface area contributed by atoms with E-state index in [4.69, 9.17) is 0 Å². The number of fused-ring (bicyclic) bond motifs is 3. The lowest BCUT2D eigenvalue weighted by molar-refractivity contribution is 0.772. The normalized spacial score (nSPS) is 14.0. The zero-order valence-corrected chi connectivity index (χ0v) is 10.0. The van der Waals surface area contributed by atoms with E-state index in [1.165, 1.54) is 28.6 Å². The Balaban J connectivity index is 2.11. The highest BCUT2D eigenvalue weighted by Crippen LogP contribution is 2.37. The zero-order chi connectivity index (χ0) is 11.9. The molecule has 0 amide bonds. The Morgan fingerprint density at radius 2 is 2.06 bits per heavy atom. The zero-order valence-electron chi connectivity index (χ0n) is 10.0. The predicted octanol–water partition coefficient (Wildman–Crippen LogP) is 3.04. The van der Waals surface area contributed by atoms with Gasteiger partial charge >= 0.3 is 0 Å². The third kappa shape index (κ3) is 1.24. The standard InChI is InChI=1S/C15H13N3/c1-2-5-13-11(4-1)15(12-7-8-16-10-17-12)14-6-3-9-18(13)14/h1-2,4-5,7-8,10H,3,6,9H2. The molecule has 0 spiro atoms. The van der Waals surface area contributed by atoms with Gasteiger partial charge in [-0.05, 0) is 25.0 Å². The maximum atomic E-state index is 4.42. The molecule has 0 radical (unpaired) electrons. The molecule has 1 aliphatic rings. The van der Waals surface area contributed by atoms with E-state index in [1.54, 1.807) is 6.33 Å². The molecule has 0 N–H and O–H groups in total. The lowest BCUT2D eigenvalue weighted by Crippen LogP contribution is -1.91. The van der Waals surface area contributed by atoms with Gasteiger partial charge in [0.15, 0.2) is 0 Å². The Bertz CT molecular complexity index is 713. The highest BCUT2D eigenvalue weighted by Gasteiger charge is 2.22. The minimum Gasteiger partial charge on any atom is -0.344 e. The summed E-state index contributed by atoms with van der Waals surface area (Å²) in [5, 5.41) is 1.31. The van der Waals surface area contributed by atoms with Crippen LogP contribution < -0.4 is 0 Å². The second-order valence-corrected chi connectivity index (χ2v) is 4.69. The number of nitrogens with zero attached hydrogens (tertiary/aromatic N) is 3. The van der Waals surface area contributed by atoms with Gasteiger partial charge < -0.3 is 4.57 Å². The van der Waals surface area contributed by atoms with Crippen LogP contribution in [0.2, 0.25) is 0 Å². The fraction of sp³-hybridized carbons (Fsp3) is 0.200. The second-order valence-electron chi connectivity index (χ2n) is 4.69. The minimum atomic E-state index is 1.04. The first-order chi connectivity index (χ1) is 8.95. The van der Waals surface area contributed by atoms with Gasteiger partial charge in [0, 0.05) is 34.9 Å². The van der Waals surface area contributed by atoms with E-state index in [2.05, 4.69) is 38.8 Å². The highest BCUT2D eigenvalue weighted by atomic mass is 15.0. The SMILES string of the molecule is c1ccc2c(c1)c(-c1ccncn1)c1n2CCC1. The molecule has 18 heavy (non-hydrogen) atoms. The smallest absolute Gasteiger partial charge is 0.116 e. The first-order valence-corrected chi connectivity index (χ1v) is 6.31. The molecule has 0 atom stereocenters. The molecule has 0 bridgehead atoms. The van der Waals surface area contributed by atoms with E-state index in [9.17, 15) is 0 Å². The summed E-state index contributed by atoms with van der Waals surface area (Å²) in [5.41, 5.74) is 5.09. The monoisotopic (exact) mass is 235 g/mol. The molecule has 3 aromatic rings.